The van der Waals surface area contributed by atoms with Crippen LogP contribution in [0.3, 0.4) is 0 Å². The molecular formula is C20H16BrClN4OS3. The molecule has 3 rings (SSSR count). The van der Waals surface area contributed by atoms with Crippen molar-refractivity contribution in [2.24, 2.45) is 5.10 Å². The van der Waals surface area contributed by atoms with Gasteiger partial charge in [-0.15, -0.1) is 10.2 Å². The molecule has 0 radical (unpaired) electrons. The molecule has 0 atom stereocenters. The first kappa shape index (κ1) is 23.0. The highest BCUT2D eigenvalue weighted by Gasteiger charge is 2.09. The Morgan fingerprint density at radius 2 is 1.80 bits per heavy atom. The molecule has 0 aliphatic rings. The van der Waals surface area contributed by atoms with Crippen molar-refractivity contribution >= 4 is 80.6 Å². The van der Waals surface area contributed by atoms with E-state index in [1.165, 1.54) is 23.1 Å². The quantitative estimate of drug-likeness (QED) is 0.202. The zero-order valence-electron chi connectivity index (χ0n) is 15.5. The van der Waals surface area contributed by atoms with Crippen LogP contribution in [0.15, 0.2) is 72.9 Å². The number of carbonyl (C=O) groups is 1. The van der Waals surface area contributed by atoms with Crippen LogP contribution >= 0.6 is 62.4 Å². The van der Waals surface area contributed by atoms with Gasteiger partial charge < -0.3 is 0 Å². The molecule has 0 fully saturated rings. The highest BCUT2D eigenvalue weighted by Crippen LogP contribution is 2.32. The van der Waals surface area contributed by atoms with Crippen molar-refractivity contribution in [1.29, 1.82) is 0 Å². The van der Waals surface area contributed by atoms with Gasteiger partial charge in [-0.2, -0.15) is 5.10 Å². The van der Waals surface area contributed by atoms with Crippen molar-refractivity contribution in [3.63, 3.8) is 0 Å². The number of carbonyl (C=O) groups excluding carboxylic acids is 1. The second-order valence-corrected chi connectivity index (χ2v) is 10.5. The van der Waals surface area contributed by atoms with Crippen molar-refractivity contribution in [3.05, 3.63) is 75.2 Å². The van der Waals surface area contributed by atoms with Crippen LogP contribution in [0.4, 0.5) is 0 Å². The average molecular weight is 540 g/mol. The van der Waals surface area contributed by atoms with Gasteiger partial charge in [-0.1, -0.05) is 95.0 Å². The van der Waals surface area contributed by atoms with E-state index in [-0.39, 0.29) is 11.7 Å². The van der Waals surface area contributed by atoms with E-state index in [4.69, 9.17) is 11.6 Å². The Bertz CT molecular complexity index is 1040. The van der Waals surface area contributed by atoms with Crippen molar-refractivity contribution in [2.45, 2.75) is 14.4 Å². The molecule has 0 spiro atoms. The molecule has 1 amide bonds. The molecule has 0 aliphatic heterocycles. The summed E-state index contributed by atoms with van der Waals surface area (Å²) >= 11 is 13.9. The number of aromatic nitrogens is 2. The fourth-order valence-electron chi connectivity index (χ4n) is 2.14. The monoisotopic (exact) mass is 538 g/mol. The van der Waals surface area contributed by atoms with Crippen LogP contribution in [0.1, 0.15) is 11.1 Å². The van der Waals surface area contributed by atoms with Gasteiger partial charge in [0.25, 0.3) is 5.91 Å². The van der Waals surface area contributed by atoms with Crippen LogP contribution in [0.5, 0.6) is 0 Å². The van der Waals surface area contributed by atoms with E-state index < -0.39 is 0 Å². The van der Waals surface area contributed by atoms with E-state index >= 15 is 0 Å². The second-order valence-electron chi connectivity index (χ2n) is 5.74. The number of halogens is 2. The van der Waals surface area contributed by atoms with Gasteiger partial charge in [0.1, 0.15) is 0 Å². The zero-order valence-corrected chi connectivity index (χ0v) is 20.3. The Morgan fingerprint density at radius 1 is 1.10 bits per heavy atom. The maximum Gasteiger partial charge on any atom is 0.250 e. The Labute approximate surface area is 200 Å². The number of hydrazone groups is 1. The molecule has 0 bridgehead atoms. The highest BCUT2D eigenvalue weighted by atomic mass is 79.9. The number of nitrogens with zero attached hydrogens (tertiary/aromatic N) is 3. The molecule has 2 aromatic carbocycles. The summed E-state index contributed by atoms with van der Waals surface area (Å²) in [7, 11) is 0. The summed E-state index contributed by atoms with van der Waals surface area (Å²) in [6, 6.07) is 17.5. The predicted octanol–water partition coefficient (Wildman–Crippen LogP) is 6.11. The van der Waals surface area contributed by atoms with Crippen molar-refractivity contribution in [2.75, 3.05) is 5.75 Å². The number of amides is 1. The number of allylic oxidation sites excluding steroid dienone is 1. The summed E-state index contributed by atoms with van der Waals surface area (Å²) in [6.07, 6.45) is 3.46. The third kappa shape index (κ3) is 7.88. The molecule has 10 heteroatoms. The average Bonchev–Trinajstić information content (AvgIpc) is 3.20. The van der Waals surface area contributed by atoms with Crippen LogP contribution in [0.25, 0.3) is 6.08 Å². The molecule has 3 aromatic rings. The first-order chi connectivity index (χ1) is 14.6. The Hall–Kier alpha value is -1.65. The normalized spacial score (nSPS) is 11.7. The summed E-state index contributed by atoms with van der Waals surface area (Å²) in [5.74, 6) is 0.720. The van der Waals surface area contributed by atoms with E-state index in [1.54, 1.807) is 18.0 Å². The molecule has 0 aliphatic carbocycles. The fourth-order valence-corrected chi connectivity index (χ4v) is 5.60. The summed E-state index contributed by atoms with van der Waals surface area (Å²) in [6.45, 7) is 0. The fraction of sp³-hybridized carbons (Fsp3) is 0.100. The largest absolute Gasteiger partial charge is 0.272 e. The van der Waals surface area contributed by atoms with Crippen LogP contribution in [0.2, 0.25) is 5.02 Å². The van der Waals surface area contributed by atoms with Crippen molar-refractivity contribution < 1.29 is 4.79 Å². The molecule has 5 nitrogen and oxygen atoms in total. The van der Waals surface area contributed by atoms with E-state index in [9.17, 15) is 4.79 Å². The van der Waals surface area contributed by atoms with Gasteiger partial charge in [0, 0.05) is 15.3 Å². The first-order valence-corrected chi connectivity index (χ1v) is 12.6. The summed E-state index contributed by atoms with van der Waals surface area (Å²) in [5, 5.41) is 13.0. The van der Waals surface area contributed by atoms with Gasteiger partial charge in [-0.05, 0) is 39.2 Å². The van der Waals surface area contributed by atoms with E-state index in [1.807, 2.05) is 60.7 Å². The molecule has 1 heterocycles. The number of rotatable bonds is 9. The van der Waals surface area contributed by atoms with Gasteiger partial charge in [-0.25, -0.2) is 5.43 Å². The summed E-state index contributed by atoms with van der Waals surface area (Å²) in [5.41, 5.74) is 4.60. The highest BCUT2D eigenvalue weighted by molar-refractivity contribution is 9.12. The van der Waals surface area contributed by atoms with Crippen LogP contribution in [-0.4, -0.2) is 28.1 Å². The number of nitrogens with one attached hydrogen (secondary N) is 1. The lowest BCUT2D eigenvalue weighted by molar-refractivity contribution is -0.118. The molecule has 1 aromatic heterocycles. The Balaban J connectivity index is 1.41. The van der Waals surface area contributed by atoms with Crippen LogP contribution in [-0.2, 0) is 10.5 Å². The lowest BCUT2D eigenvalue weighted by Gasteiger charge is -2.00. The van der Waals surface area contributed by atoms with E-state index in [0.717, 1.165) is 35.1 Å². The molecule has 154 valence electrons. The molecular weight excluding hydrogens is 524 g/mol. The molecule has 30 heavy (non-hydrogen) atoms. The smallest absolute Gasteiger partial charge is 0.250 e. The number of hydrogen-bond donors (Lipinski definition) is 1. The van der Waals surface area contributed by atoms with Crippen molar-refractivity contribution in [3.8, 4) is 0 Å². The van der Waals surface area contributed by atoms with E-state index in [0.29, 0.717) is 0 Å². The van der Waals surface area contributed by atoms with Gasteiger partial charge >= 0.3 is 0 Å². The summed E-state index contributed by atoms with van der Waals surface area (Å²) in [4.78, 5) is 12.0. The first-order valence-electron chi connectivity index (χ1n) is 8.67. The molecule has 1 N–H and O–H groups in total. The standard InChI is InChI=1S/C20H16BrClN4OS3/c21-16(10-14-6-2-1-3-7-14)11-23-24-18(27)13-29-20-26-25-19(30-20)28-12-15-8-4-5-9-17(15)22/h1-11H,12-13H2,(H,24,27)/b16-10-,23-11-. The number of benzene rings is 2. The third-order valence-electron chi connectivity index (χ3n) is 3.50. The number of thioether (sulfide) groups is 2. The Kier molecular flexibility index (Phi) is 9.41. The molecule has 0 saturated carbocycles. The molecule has 0 saturated heterocycles. The molecule has 0 unspecified atom stereocenters. The van der Waals surface area contributed by atoms with Gasteiger partial charge in [-0.3, -0.25) is 4.79 Å². The minimum atomic E-state index is -0.211. The summed E-state index contributed by atoms with van der Waals surface area (Å²) < 4.78 is 2.33. The lowest BCUT2D eigenvalue weighted by atomic mass is 10.2. The lowest BCUT2D eigenvalue weighted by Crippen LogP contribution is -2.19. The second kappa shape index (κ2) is 12.3. The van der Waals surface area contributed by atoms with E-state index in [2.05, 4.69) is 36.7 Å². The van der Waals surface area contributed by atoms with Gasteiger partial charge in [0.05, 0.1) is 12.0 Å². The third-order valence-corrected chi connectivity index (χ3v) is 7.55. The topological polar surface area (TPSA) is 67.2 Å². The van der Waals surface area contributed by atoms with Gasteiger partial charge in [0.2, 0.25) is 0 Å². The maximum atomic E-state index is 12.0. The van der Waals surface area contributed by atoms with Gasteiger partial charge in [0.15, 0.2) is 8.68 Å². The zero-order chi connectivity index (χ0) is 21.2. The van der Waals surface area contributed by atoms with Crippen molar-refractivity contribution in [1.82, 2.24) is 15.6 Å². The number of hydrogen-bond acceptors (Lipinski definition) is 7. The van der Waals surface area contributed by atoms with Crippen LogP contribution < -0.4 is 5.43 Å². The maximum absolute atomic E-state index is 12.0. The minimum Gasteiger partial charge on any atom is -0.272 e. The SMILES string of the molecule is O=C(CSc1nnc(SCc2ccccc2Cl)s1)N/N=C\C(Br)=C\c1ccccc1. The Morgan fingerprint density at radius 3 is 2.57 bits per heavy atom. The van der Waals surface area contributed by atoms with Crippen LogP contribution in [0, 0.1) is 0 Å². The predicted molar refractivity (Wildman–Crippen MR) is 132 cm³/mol. The minimum absolute atomic E-state index is 0.209.